The van der Waals surface area contributed by atoms with Crippen molar-refractivity contribution >= 4 is 18.0 Å². The van der Waals surface area contributed by atoms with Crippen molar-refractivity contribution in [2.75, 3.05) is 13.2 Å². The van der Waals surface area contributed by atoms with E-state index in [4.69, 9.17) is 9.84 Å². The van der Waals surface area contributed by atoms with Crippen molar-refractivity contribution < 1.29 is 24.2 Å². The number of rotatable bonds is 12. The van der Waals surface area contributed by atoms with Crippen LogP contribution in [0.4, 0.5) is 4.79 Å². The topological polar surface area (TPSA) is 105 Å². The predicted molar refractivity (Wildman–Crippen MR) is 128 cm³/mol. The Kier molecular flexibility index (Phi) is 7.83. The summed E-state index contributed by atoms with van der Waals surface area (Å²) in [5, 5.41) is 14.5. The number of aliphatic carboxylic acids is 1. The Morgan fingerprint density at radius 3 is 2.21 bits per heavy atom. The Balaban J connectivity index is 1.24. The lowest BCUT2D eigenvalue weighted by molar-refractivity contribution is -0.137. The van der Waals surface area contributed by atoms with Gasteiger partial charge in [-0.1, -0.05) is 55.0 Å². The van der Waals surface area contributed by atoms with Crippen molar-refractivity contribution in [3.63, 3.8) is 0 Å². The number of hydrogen-bond acceptors (Lipinski definition) is 4. The van der Waals surface area contributed by atoms with E-state index in [9.17, 15) is 14.4 Å². The molecule has 2 aromatic rings. The number of alkyl carbamates (subject to hydrolysis) is 1. The molecule has 2 amide bonds. The van der Waals surface area contributed by atoms with Gasteiger partial charge in [-0.15, -0.1) is 0 Å². The summed E-state index contributed by atoms with van der Waals surface area (Å²) >= 11 is 0. The van der Waals surface area contributed by atoms with E-state index in [1.165, 1.54) is 11.1 Å². The smallest absolute Gasteiger partial charge is 0.407 e. The number of unbranched alkanes of at least 4 members (excludes halogenated alkanes) is 2. The molecule has 0 spiro atoms. The molecule has 0 bridgehead atoms. The van der Waals surface area contributed by atoms with Gasteiger partial charge in [0.2, 0.25) is 5.91 Å². The van der Waals surface area contributed by atoms with Crippen LogP contribution in [0.1, 0.15) is 62.0 Å². The Morgan fingerprint density at radius 2 is 1.59 bits per heavy atom. The third-order valence-electron chi connectivity index (χ3n) is 6.63. The van der Waals surface area contributed by atoms with Gasteiger partial charge >= 0.3 is 12.1 Å². The molecule has 2 aliphatic carbocycles. The van der Waals surface area contributed by atoms with Crippen LogP contribution in [-0.4, -0.2) is 42.3 Å². The summed E-state index contributed by atoms with van der Waals surface area (Å²) in [7, 11) is 0. The number of fused-ring (bicyclic) bond motifs is 3. The van der Waals surface area contributed by atoms with E-state index in [2.05, 4.69) is 34.9 Å². The second-order valence-electron chi connectivity index (χ2n) is 9.17. The molecule has 3 N–H and O–H groups in total. The fourth-order valence-corrected chi connectivity index (χ4v) is 4.70. The lowest BCUT2D eigenvalue weighted by Gasteiger charge is -2.19. The molecule has 34 heavy (non-hydrogen) atoms. The highest BCUT2D eigenvalue weighted by atomic mass is 16.5. The first-order chi connectivity index (χ1) is 16.5. The molecular formula is C27H32N2O5. The summed E-state index contributed by atoms with van der Waals surface area (Å²) in [5.74, 6) is -0.589. The third-order valence-corrected chi connectivity index (χ3v) is 6.63. The van der Waals surface area contributed by atoms with Crippen LogP contribution in [0.25, 0.3) is 11.1 Å². The molecule has 0 saturated heterocycles. The van der Waals surface area contributed by atoms with E-state index >= 15 is 0 Å². The largest absolute Gasteiger partial charge is 0.481 e. The van der Waals surface area contributed by atoms with Crippen LogP contribution in [0.2, 0.25) is 0 Å². The summed E-state index contributed by atoms with van der Waals surface area (Å²) in [4.78, 5) is 35.5. The number of nitrogens with one attached hydrogen (secondary N) is 2. The van der Waals surface area contributed by atoms with E-state index in [0.29, 0.717) is 18.9 Å². The van der Waals surface area contributed by atoms with Gasteiger partial charge in [0.25, 0.3) is 0 Å². The zero-order valence-corrected chi connectivity index (χ0v) is 19.3. The van der Waals surface area contributed by atoms with E-state index < -0.39 is 12.1 Å². The SMILES string of the molecule is O=C(O)CCCCCNC(=O)CC(NC(=O)OCC1c2ccccc2-c2ccccc21)C1CC1. The van der Waals surface area contributed by atoms with Gasteiger partial charge in [-0.05, 0) is 53.9 Å². The first-order valence-corrected chi connectivity index (χ1v) is 12.1. The molecule has 180 valence electrons. The van der Waals surface area contributed by atoms with E-state index in [1.807, 2.05) is 24.3 Å². The average molecular weight is 465 g/mol. The summed E-state index contributed by atoms with van der Waals surface area (Å²) < 4.78 is 5.64. The summed E-state index contributed by atoms with van der Waals surface area (Å²) in [6, 6.07) is 16.2. The van der Waals surface area contributed by atoms with Gasteiger partial charge < -0.3 is 20.5 Å². The van der Waals surface area contributed by atoms with Crippen molar-refractivity contribution in [3.05, 3.63) is 59.7 Å². The van der Waals surface area contributed by atoms with Gasteiger partial charge in [0.1, 0.15) is 6.61 Å². The van der Waals surface area contributed by atoms with Gasteiger partial charge in [0.15, 0.2) is 0 Å². The van der Waals surface area contributed by atoms with E-state index in [0.717, 1.165) is 36.8 Å². The number of carbonyl (C=O) groups excluding carboxylic acids is 2. The molecule has 1 atom stereocenters. The molecule has 0 aliphatic heterocycles. The first kappa shape index (κ1) is 23.8. The summed E-state index contributed by atoms with van der Waals surface area (Å²) in [6.07, 6.45) is 4.00. The molecular weight excluding hydrogens is 432 g/mol. The second-order valence-corrected chi connectivity index (χ2v) is 9.17. The third kappa shape index (κ3) is 6.16. The number of carboxylic acid groups (broad SMARTS) is 1. The molecule has 7 nitrogen and oxygen atoms in total. The van der Waals surface area contributed by atoms with Crippen LogP contribution < -0.4 is 10.6 Å². The Hall–Kier alpha value is -3.35. The van der Waals surface area contributed by atoms with Crippen LogP contribution in [0.5, 0.6) is 0 Å². The minimum atomic E-state index is -0.796. The molecule has 0 aromatic heterocycles. The number of ether oxygens (including phenoxy) is 1. The van der Waals surface area contributed by atoms with Crippen LogP contribution in [-0.2, 0) is 14.3 Å². The Morgan fingerprint density at radius 1 is 0.941 bits per heavy atom. The quantitative estimate of drug-likeness (QED) is 0.403. The van der Waals surface area contributed by atoms with Gasteiger partial charge in [-0.2, -0.15) is 0 Å². The molecule has 0 heterocycles. The van der Waals surface area contributed by atoms with Crippen LogP contribution in [0.3, 0.4) is 0 Å². The summed E-state index contributed by atoms with van der Waals surface area (Å²) in [6.45, 7) is 0.764. The van der Waals surface area contributed by atoms with Crippen LogP contribution >= 0.6 is 0 Å². The minimum absolute atomic E-state index is 0.00181. The second kappa shape index (κ2) is 11.2. The number of carbonyl (C=O) groups is 3. The average Bonchev–Trinajstić information content (AvgIpc) is 3.62. The molecule has 2 aromatic carbocycles. The number of benzene rings is 2. The van der Waals surface area contributed by atoms with E-state index in [1.54, 1.807) is 0 Å². The maximum atomic E-state index is 12.6. The molecule has 2 aliphatic rings. The highest BCUT2D eigenvalue weighted by Crippen LogP contribution is 2.44. The van der Waals surface area contributed by atoms with Gasteiger partial charge in [-0.25, -0.2) is 4.79 Å². The molecule has 4 rings (SSSR count). The molecule has 1 fully saturated rings. The molecule has 0 radical (unpaired) electrons. The number of hydrogen-bond donors (Lipinski definition) is 3. The van der Waals surface area contributed by atoms with Gasteiger partial charge in [0.05, 0.1) is 0 Å². The van der Waals surface area contributed by atoms with Crippen LogP contribution in [0, 0.1) is 5.92 Å². The van der Waals surface area contributed by atoms with Crippen molar-refractivity contribution in [1.29, 1.82) is 0 Å². The molecule has 7 heteroatoms. The standard InChI is InChI=1S/C27H32N2O5/c30-25(28-15-7-1-2-12-26(31)32)16-24(18-13-14-18)29-27(33)34-17-23-21-10-5-3-8-19(21)20-9-4-6-11-22(20)23/h3-6,8-11,18,23-24H,1-2,7,12-17H2,(H,28,30)(H,29,33)(H,31,32). The van der Waals surface area contributed by atoms with Gasteiger partial charge in [-0.3, -0.25) is 9.59 Å². The van der Waals surface area contributed by atoms with Crippen molar-refractivity contribution in [3.8, 4) is 11.1 Å². The predicted octanol–water partition coefficient (Wildman–Crippen LogP) is 4.46. The fraction of sp³-hybridized carbons (Fsp3) is 0.444. The Bertz CT molecular complexity index is 988. The Labute approximate surface area is 199 Å². The zero-order chi connectivity index (χ0) is 23.9. The van der Waals surface area contributed by atoms with Crippen molar-refractivity contribution in [2.45, 2.75) is 56.9 Å². The zero-order valence-electron chi connectivity index (χ0n) is 19.3. The van der Waals surface area contributed by atoms with Crippen molar-refractivity contribution in [2.24, 2.45) is 5.92 Å². The van der Waals surface area contributed by atoms with E-state index in [-0.39, 0.29) is 37.3 Å². The highest BCUT2D eigenvalue weighted by Gasteiger charge is 2.35. The molecule has 1 unspecified atom stereocenters. The monoisotopic (exact) mass is 464 g/mol. The fourth-order valence-electron chi connectivity index (χ4n) is 4.70. The number of carboxylic acids is 1. The van der Waals surface area contributed by atoms with Crippen LogP contribution in [0.15, 0.2) is 48.5 Å². The van der Waals surface area contributed by atoms with Gasteiger partial charge in [0, 0.05) is 31.3 Å². The summed E-state index contributed by atoms with van der Waals surface area (Å²) in [5.41, 5.74) is 4.70. The lowest BCUT2D eigenvalue weighted by atomic mass is 9.98. The lowest BCUT2D eigenvalue weighted by Crippen LogP contribution is -2.41. The minimum Gasteiger partial charge on any atom is -0.481 e. The normalized spacial score (nSPS) is 15.2. The highest BCUT2D eigenvalue weighted by molar-refractivity contribution is 5.79. The maximum absolute atomic E-state index is 12.6. The first-order valence-electron chi connectivity index (χ1n) is 12.1. The maximum Gasteiger partial charge on any atom is 0.407 e. The number of amides is 2. The van der Waals surface area contributed by atoms with Crippen molar-refractivity contribution in [1.82, 2.24) is 10.6 Å². The molecule has 1 saturated carbocycles.